The monoisotopic (exact) mass is 272 g/mol. The van der Waals surface area contributed by atoms with Crippen LogP contribution in [-0.2, 0) is 16.0 Å². The Kier molecular flexibility index (Phi) is 3.79. The van der Waals surface area contributed by atoms with E-state index in [1.165, 1.54) is 13.2 Å². The molecule has 5 nitrogen and oxygen atoms in total. The first-order valence-corrected chi connectivity index (χ1v) is 4.86. The van der Waals surface area contributed by atoms with E-state index in [0.29, 0.717) is 16.5 Å². The predicted molar refractivity (Wildman–Crippen MR) is 57.5 cm³/mol. The molecule has 1 aromatic heterocycles. The molecule has 0 spiro atoms. The highest BCUT2D eigenvalue weighted by molar-refractivity contribution is 9.10. The smallest absolute Gasteiger partial charge is 0.341 e. The molecule has 15 heavy (non-hydrogen) atoms. The van der Waals surface area contributed by atoms with Crippen LogP contribution in [0.2, 0.25) is 0 Å². The normalized spacial score (nSPS) is 9.73. The third kappa shape index (κ3) is 2.53. The molecule has 0 unspecified atom stereocenters. The first-order chi connectivity index (χ1) is 7.10. The van der Waals surface area contributed by atoms with Crippen LogP contribution in [0, 0.1) is 0 Å². The lowest BCUT2D eigenvalue weighted by atomic mass is 10.2. The van der Waals surface area contributed by atoms with Gasteiger partial charge in [-0.05, 0) is 22.0 Å². The number of methoxy groups -OCH3 is 1. The standard InChI is InChI=1S/C9H9BrN2O3/c1-15-9(14)5-4-6(10)7(2-3-13)12-8(5)11/h3-4H,2H2,1H3,(H2,11,12). The van der Waals surface area contributed by atoms with Gasteiger partial charge in [-0.25, -0.2) is 9.78 Å². The number of esters is 1. The van der Waals surface area contributed by atoms with Crippen LogP contribution < -0.4 is 5.73 Å². The van der Waals surface area contributed by atoms with Crippen molar-refractivity contribution < 1.29 is 14.3 Å². The van der Waals surface area contributed by atoms with Gasteiger partial charge in [-0.2, -0.15) is 0 Å². The Morgan fingerprint density at radius 3 is 2.93 bits per heavy atom. The number of nitrogens with zero attached hydrogens (tertiary/aromatic N) is 1. The van der Waals surface area contributed by atoms with Crippen molar-refractivity contribution in [1.29, 1.82) is 0 Å². The van der Waals surface area contributed by atoms with Crippen molar-refractivity contribution in [3.63, 3.8) is 0 Å². The van der Waals surface area contributed by atoms with Gasteiger partial charge in [0, 0.05) is 10.9 Å². The highest BCUT2D eigenvalue weighted by atomic mass is 79.9. The topological polar surface area (TPSA) is 82.3 Å². The number of aromatic nitrogens is 1. The lowest BCUT2D eigenvalue weighted by Crippen LogP contribution is -2.09. The number of nitrogens with two attached hydrogens (primary N) is 1. The molecule has 0 aliphatic heterocycles. The van der Waals surface area contributed by atoms with E-state index < -0.39 is 5.97 Å². The highest BCUT2D eigenvalue weighted by Gasteiger charge is 2.14. The number of carbonyl (C=O) groups is 2. The van der Waals surface area contributed by atoms with E-state index in [1.807, 2.05) is 0 Å². The number of halogens is 1. The maximum Gasteiger partial charge on any atom is 0.341 e. The van der Waals surface area contributed by atoms with Gasteiger partial charge in [0.2, 0.25) is 0 Å². The summed E-state index contributed by atoms with van der Waals surface area (Å²) in [6.07, 6.45) is 0.858. The summed E-state index contributed by atoms with van der Waals surface area (Å²) in [6, 6.07) is 1.49. The van der Waals surface area contributed by atoms with Crippen LogP contribution in [0.4, 0.5) is 5.82 Å². The Morgan fingerprint density at radius 2 is 2.40 bits per heavy atom. The molecule has 0 saturated carbocycles. The van der Waals surface area contributed by atoms with Crippen LogP contribution in [-0.4, -0.2) is 24.3 Å². The summed E-state index contributed by atoms with van der Waals surface area (Å²) in [5.41, 5.74) is 6.22. The van der Waals surface area contributed by atoms with Crippen molar-refractivity contribution in [3.8, 4) is 0 Å². The first kappa shape index (κ1) is 11.6. The number of rotatable bonds is 3. The van der Waals surface area contributed by atoms with Gasteiger partial charge in [-0.1, -0.05) is 0 Å². The van der Waals surface area contributed by atoms with Gasteiger partial charge in [0.05, 0.1) is 12.8 Å². The van der Waals surface area contributed by atoms with Crippen molar-refractivity contribution in [1.82, 2.24) is 4.98 Å². The van der Waals surface area contributed by atoms with E-state index in [4.69, 9.17) is 5.73 Å². The molecule has 0 atom stereocenters. The number of nitrogen functional groups attached to an aromatic ring is 1. The third-order valence-corrected chi connectivity index (χ3v) is 2.45. The Bertz CT molecular complexity index is 407. The van der Waals surface area contributed by atoms with Crippen molar-refractivity contribution in [3.05, 3.63) is 21.8 Å². The lowest BCUT2D eigenvalue weighted by molar-refractivity contribution is -0.107. The summed E-state index contributed by atoms with van der Waals surface area (Å²) in [5, 5.41) is 0. The zero-order chi connectivity index (χ0) is 11.4. The molecule has 1 aromatic rings. The molecule has 0 radical (unpaired) electrons. The maximum absolute atomic E-state index is 11.2. The number of aldehydes is 1. The van der Waals surface area contributed by atoms with Crippen LogP contribution in [0.5, 0.6) is 0 Å². The quantitative estimate of drug-likeness (QED) is 0.655. The largest absolute Gasteiger partial charge is 0.465 e. The Balaban J connectivity index is 3.18. The minimum Gasteiger partial charge on any atom is -0.465 e. The number of hydrogen-bond acceptors (Lipinski definition) is 5. The molecular weight excluding hydrogens is 264 g/mol. The molecule has 0 aromatic carbocycles. The van der Waals surface area contributed by atoms with Gasteiger partial charge in [-0.15, -0.1) is 0 Å². The fourth-order valence-corrected chi connectivity index (χ4v) is 1.52. The van der Waals surface area contributed by atoms with Gasteiger partial charge in [0.1, 0.15) is 17.7 Å². The molecule has 80 valence electrons. The number of pyridine rings is 1. The molecule has 0 fully saturated rings. The van der Waals surface area contributed by atoms with E-state index >= 15 is 0 Å². The predicted octanol–water partition coefficient (Wildman–Crippen LogP) is 0.954. The summed E-state index contributed by atoms with van der Waals surface area (Å²) >= 11 is 3.20. The van der Waals surface area contributed by atoms with Gasteiger partial charge in [0.25, 0.3) is 0 Å². The summed E-state index contributed by atoms with van der Waals surface area (Å²) < 4.78 is 5.08. The fraction of sp³-hybridized carbons (Fsp3) is 0.222. The van der Waals surface area contributed by atoms with Gasteiger partial charge < -0.3 is 15.3 Å². The van der Waals surface area contributed by atoms with Gasteiger partial charge in [-0.3, -0.25) is 0 Å². The molecule has 1 heterocycles. The van der Waals surface area contributed by atoms with Crippen LogP contribution >= 0.6 is 15.9 Å². The molecule has 6 heteroatoms. The van der Waals surface area contributed by atoms with Crippen molar-refractivity contribution in [2.24, 2.45) is 0 Å². The lowest BCUT2D eigenvalue weighted by Gasteiger charge is -2.06. The molecule has 2 N–H and O–H groups in total. The van der Waals surface area contributed by atoms with Crippen molar-refractivity contribution in [2.75, 3.05) is 12.8 Å². The van der Waals surface area contributed by atoms with E-state index in [-0.39, 0.29) is 17.8 Å². The Hall–Kier alpha value is -1.43. The first-order valence-electron chi connectivity index (χ1n) is 4.07. The highest BCUT2D eigenvalue weighted by Crippen LogP contribution is 2.21. The van der Waals surface area contributed by atoms with E-state index in [9.17, 15) is 9.59 Å². The van der Waals surface area contributed by atoms with Gasteiger partial charge in [0.15, 0.2) is 0 Å². The fourth-order valence-electron chi connectivity index (χ4n) is 1.04. The summed E-state index contributed by atoms with van der Waals surface area (Å²) in [7, 11) is 1.26. The molecule has 1 rings (SSSR count). The molecule has 0 bridgehead atoms. The summed E-state index contributed by atoms with van der Waals surface area (Å²) in [6.45, 7) is 0. The number of carbonyl (C=O) groups excluding carboxylic acids is 2. The van der Waals surface area contributed by atoms with Gasteiger partial charge >= 0.3 is 5.97 Å². The van der Waals surface area contributed by atoms with Crippen LogP contribution in [0.3, 0.4) is 0 Å². The third-order valence-electron chi connectivity index (χ3n) is 1.76. The number of anilines is 1. The molecule has 0 aliphatic rings. The van der Waals surface area contributed by atoms with Crippen molar-refractivity contribution >= 4 is 34.0 Å². The van der Waals surface area contributed by atoms with E-state index in [1.54, 1.807) is 0 Å². The molecule has 0 aliphatic carbocycles. The Morgan fingerprint density at radius 1 is 1.73 bits per heavy atom. The summed E-state index contributed by atoms with van der Waals surface area (Å²) in [4.78, 5) is 25.5. The minimum absolute atomic E-state index is 0.0573. The number of ether oxygens (including phenoxy) is 1. The average Bonchev–Trinajstić information content (AvgIpc) is 2.22. The van der Waals surface area contributed by atoms with E-state index in [2.05, 4.69) is 25.7 Å². The minimum atomic E-state index is -0.557. The second kappa shape index (κ2) is 4.88. The van der Waals surface area contributed by atoms with Crippen LogP contribution in [0.15, 0.2) is 10.5 Å². The number of hydrogen-bond donors (Lipinski definition) is 1. The SMILES string of the molecule is COC(=O)c1cc(Br)c(CC=O)nc1N. The average molecular weight is 273 g/mol. The maximum atomic E-state index is 11.2. The second-order valence-electron chi connectivity index (χ2n) is 2.71. The van der Waals surface area contributed by atoms with E-state index in [0.717, 1.165) is 0 Å². The van der Waals surface area contributed by atoms with Crippen molar-refractivity contribution in [2.45, 2.75) is 6.42 Å². The van der Waals surface area contributed by atoms with Crippen LogP contribution in [0.1, 0.15) is 16.1 Å². The Labute approximate surface area is 94.8 Å². The molecule has 0 saturated heterocycles. The second-order valence-corrected chi connectivity index (χ2v) is 3.57. The zero-order valence-electron chi connectivity index (χ0n) is 7.99. The molecule has 0 amide bonds. The zero-order valence-corrected chi connectivity index (χ0v) is 9.58. The molecular formula is C9H9BrN2O3. The van der Waals surface area contributed by atoms with Crippen LogP contribution in [0.25, 0.3) is 0 Å². The summed E-state index contributed by atoms with van der Waals surface area (Å²) in [5.74, 6) is -0.500.